The first-order chi connectivity index (χ1) is 19.9. The number of nitrogens with one attached hydrogen (secondary N) is 1. The van der Waals surface area contributed by atoms with Gasteiger partial charge in [-0.25, -0.2) is 14.0 Å². The van der Waals surface area contributed by atoms with Crippen molar-refractivity contribution in [2.75, 3.05) is 7.11 Å². The number of para-hydroxylation sites is 1. The van der Waals surface area contributed by atoms with Crippen LogP contribution in [-0.4, -0.2) is 47.1 Å². The lowest BCUT2D eigenvalue weighted by Gasteiger charge is -2.37. The van der Waals surface area contributed by atoms with E-state index in [0.29, 0.717) is 33.2 Å². The maximum atomic E-state index is 15.0. The molecular weight excluding hydrogens is 551 g/mol. The fourth-order valence-electron chi connectivity index (χ4n) is 4.54. The molecule has 3 aromatic carbocycles. The number of aromatic nitrogens is 1. The summed E-state index contributed by atoms with van der Waals surface area (Å²) in [4.78, 5) is 45.7. The lowest BCUT2D eigenvalue weighted by molar-refractivity contribution is -0.287. The van der Waals surface area contributed by atoms with Crippen LogP contribution in [-0.2, 0) is 20.8 Å². The number of hydroxylamine groups is 2. The predicted octanol–water partition coefficient (Wildman–Crippen LogP) is 4.88. The summed E-state index contributed by atoms with van der Waals surface area (Å²) in [6.45, 7) is -0.615. The van der Waals surface area contributed by atoms with Gasteiger partial charge in [-0.3, -0.25) is 9.59 Å². The van der Waals surface area contributed by atoms with Crippen molar-refractivity contribution in [3.63, 3.8) is 0 Å². The van der Waals surface area contributed by atoms with E-state index in [-0.39, 0.29) is 17.0 Å². The summed E-state index contributed by atoms with van der Waals surface area (Å²) < 4.78 is 47.3. The zero-order valence-electron chi connectivity index (χ0n) is 22.8. The minimum absolute atomic E-state index is 0.160. The minimum atomic E-state index is -3.53. The molecule has 11 heteroatoms. The molecule has 0 aliphatic rings. The summed E-state index contributed by atoms with van der Waals surface area (Å²) in [6.07, 6.45) is 1.27. The van der Waals surface area contributed by atoms with Crippen LogP contribution in [0.1, 0.15) is 49.9 Å². The molecule has 42 heavy (non-hydrogen) atoms. The number of amides is 2. The van der Waals surface area contributed by atoms with Gasteiger partial charge in [-0.2, -0.15) is 13.8 Å². The number of esters is 1. The molecule has 1 aromatic heterocycles. The number of alkyl halides is 2. The van der Waals surface area contributed by atoms with Crippen LogP contribution in [0.3, 0.4) is 0 Å². The second kappa shape index (κ2) is 12.2. The van der Waals surface area contributed by atoms with Crippen LogP contribution in [0.15, 0.2) is 66.9 Å². The molecule has 8 nitrogen and oxygen atoms in total. The Morgan fingerprint density at radius 3 is 2.48 bits per heavy atom. The normalized spacial score (nSPS) is 12.4. The fourth-order valence-corrected chi connectivity index (χ4v) is 4.54. The molecule has 0 bridgehead atoms. The summed E-state index contributed by atoms with van der Waals surface area (Å²) in [7, 11) is 1.04. The van der Waals surface area contributed by atoms with Gasteiger partial charge in [0.05, 0.1) is 12.7 Å². The zero-order valence-corrected chi connectivity index (χ0v) is 22.8. The molecule has 4 rings (SSSR count). The van der Waals surface area contributed by atoms with Crippen molar-refractivity contribution < 1.29 is 37.1 Å². The van der Waals surface area contributed by atoms with Gasteiger partial charge in [-0.15, -0.1) is 0 Å². The highest BCUT2D eigenvalue weighted by molar-refractivity contribution is 5.98. The number of hydrogen-bond donors (Lipinski definition) is 2. The Morgan fingerprint density at radius 2 is 1.81 bits per heavy atom. The molecule has 1 heterocycles. The van der Waals surface area contributed by atoms with Gasteiger partial charge in [0.15, 0.2) is 5.54 Å². The number of ether oxygens (including phenoxy) is 1. The Morgan fingerprint density at radius 1 is 1.07 bits per heavy atom. The number of hydrogen-bond acceptors (Lipinski definition) is 5. The van der Waals surface area contributed by atoms with Crippen LogP contribution in [0.2, 0.25) is 0 Å². The summed E-state index contributed by atoms with van der Waals surface area (Å²) >= 11 is 0. The van der Waals surface area contributed by atoms with Crippen molar-refractivity contribution in [2.45, 2.75) is 32.4 Å². The number of rotatable bonds is 8. The first-order valence-corrected chi connectivity index (χ1v) is 12.6. The van der Waals surface area contributed by atoms with Gasteiger partial charge in [0.2, 0.25) is 5.91 Å². The standard InChI is InChI=1S/C31H26F3N3O5/c1-18-14-21(27(35)38)12-11-20(18)10-8-19-9-13-25(32)24(15-19)28(39)37(42-30(33)34)31(2,29(40)41-3)16-22-17-36-26-7-5-4-6-23(22)26/h4-7,9,11-15,17,30,36H,16H2,1-3H3,(H2,35,38). The number of benzene rings is 3. The van der Waals surface area contributed by atoms with Crippen molar-refractivity contribution in [2.24, 2.45) is 5.73 Å². The van der Waals surface area contributed by atoms with Crippen LogP contribution in [0.5, 0.6) is 0 Å². The summed E-state index contributed by atoms with van der Waals surface area (Å²) in [6, 6.07) is 15.0. The maximum Gasteiger partial charge on any atom is 0.365 e. The van der Waals surface area contributed by atoms with Crippen molar-refractivity contribution in [3.05, 3.63) is 106 Å². The number of fused-ring (bicyclic) bond motifs is 1. The molecular formula is C31H26F3N3O5. The van der Waals surface area contributed by atoms with Gasteiger partial charge in [0.1, 0.15) is 5.82 Å². The average molecular weight is 578 g/mol. The highest BCUT2D eigenvalue weighted by Gasteiger charge is 2.47. The number of H-pyrrole nitrogens is 1. The topological polar surface area (TPSA) is 115 Å². The Balaban J connectivity index is 1.74. The number of primary amides is 1. The lowest BCUT2D eigenvalue weighted by atomic mass is 9.91. The summed E-state index contributed by atoms with van der Waals surface area (Å²) in [5, 5.41) is 0.841. The Hall–Kier alpha value is -5.08. The first-order valence-electron chi connectivity index (χ1n) is 12.6. The third kappa shape index (κ3) is 6.14. The summed E-state index contributed by atoms with van der Waals surface area (Å²) in [5.74, 6) is 1.61. The first kappa shape index (κ1) is 29.9. The number of carbonyl (C=O) groups excluding carboxylic acids is 3. The highest BCUT2D eigenvalue weighted by Crippen LogP contribution is 2.31. The lowest BCUT2D eigenvalue weighted by Crippen LogP contribution is -2.57. The number of methoxy groups -OCH3 is 1. The van der Waals surface area contributed by atoms with E-state index in [0.717, 1.165) is 19.2 Å². The molecule has 0 saturated heterocycles. The van der Waals surface area contributed by atoms with E-state index in [1.165, 1.54) is 19.1 Å². The molecule has 0 aliphatic heterocycles. The predicted molar refractivity (Wildman–Crippen MR) is 148 cm³/mol. The quantitative estimate of drug-likeness (QED) is 0.176. The molecule has 1 atom stereocenters. The van der Waals surface area contributed by atoms with Crippen LogP contribution >= 0.6 is 0 Å². The van der Waals surface area contributed by atoms with E-state index in [1.54, 1.807) is 49.5 Å². The SMILES string of the molecule is COC(=O)C(C)(Cc1c[nH]c2ccccc12)N(OC(F)F)C(=O)c1cc(C#Cc2ccc(C(N)=O)cc2C)ccc1F. The molecule has 0 saturated carbocycles. The average Bonchev–Trinajstić information content (AvgIpc) is 3.37. The van der Waals surface area contributed by atoms with Crippen LogP contribution < -0.4 is 5.73 Å². The van der Waals surface area contributed by atoms with E-state index in [9.17, 15) is 23.2 Å². The van der Waals surface area contributed by atoms with E-state index in [4.69, 9.17) is 10.5 Å². The molecule has 0 aliphatic carbocycles. The van der Waals surface area contributed by atoms with Gasteiger partial charge >= 0.3 is 12.6 Å². The molecule has 2 amide bonds. The van der Waals surface area contributed by atoms with Gasteiger partial charge in [0, 0.05) is 40.2 Å². The molecule has 0 radical (unpaired) electrons. The number of halogens is 3. The van der Waals surface area contributed by atoms with Crippen molar-refractivity contribution in [1.29, 1.82) is 0 Å². The van der Waals surface area contributed by atoms with E-state index >= 15 is 4.39 Å². The number of aromatic amines is 1. The van der Waals surface area contributed by atoms with E-state index in [2.05, 4.69) is 21.7 Å². The van der Waals surface area contributed by atoms with Crippen LogP contribution in [0.4, 0.5) is 13.2 Å². The van der Waals surface area contributed by atoms with Crippen LogP contribution in [0, 0.1) is 24.6 Å². The van der Waals surface area contributed by atoms with Gasteiger partial charge in [-0.05, 0) is 67.4 Å². The number of aryl methyl sites for hydroxylation is 1. The maximum absolute atomic E-state index is 15.0. The van der Waals surface area contributed by atoms with Crippen molar-refractivity contribution in [3.8, 4) is 11.8 Å². The molecule has 1 unspecified atom stereocenters. The number of carbonyl (C=O) groups is 3. The second-order valence-electron chi connectivity index (χ2n) is 9.61. The minimum Gasteiger partial charge on any atom is -0.467 e. The van der Waals surface area contributed by atoms with Gasteiger partial charge in [0.25, 0.3) is 5.91 Å². The Kier molecular flexibility index (Phi) is 8.68. The van der Waals surface area contributed by atoms with Gasteiger partial charge in [-0.1, -0.05) is 30.0 Å². The number of nitrogens with two attached hydrogens (primary N) is 1. The summed E-state index contributed by atoms with van der Waals surface area (Å²) in [5.41, 5.74) is 5.39. The molecule has 0 spiro atoms. The van der Waals surface area contributed by atoms with E-state index < -0.39 is 41.3 Å². The zero-order chi connectivity index (χ0) is 30.6. The Bertz CT molecular complexity index is 1740. The monoisotopic (exact) mass is 577 g/mol. The fraction of sp³-hybridized carbons (Fsp3) is 0.194. The molecule has 0 fully saturated rings. The molecule has 3 N–H and O–H groups in total. The highest BCUT2D eigenvalue weighted by atomic mass is 19.3. The third-order valence-corrected chi connectivity index (χ3v) is 6.70. The second-order valence-corrected chi connectivity index (χ2v) is 9.61. The molecule has 4 aromatic rings. The third-order valence-electron chi connectivity index (χ3n) is 6.70. The van der Waals surface area contributed by atoms with Gasteiger partial charge < -0.3 is 15.5 Å². The smallest absolute Gasteiger partial charge is 0.365 e. The van der Waals surface area contributed by atoms with E-state index in [1.807, 2.05) is 0 Å². The van der Waals surface area contributed by atoms with Crippen LogP contribution in [0.25, 0.3) is 10.9 Å². The largest absolute Gasteiger partial charge is 0.467 e. The Labute approximate surface area is 239 Å². The number of nitrogens with zero attached hydrogens (tertiary/aromatic N) is 1. The van der Waals surface area contributed by atoms with Crippen molar-refractivity contribution in [1.82, 2.24) is 10.0 Å². The van der Waals surface area contributed by atoms with Crippen molar-refractivity contribution >= 4 is 28.7 Å². The molecule has 216 valence electrons.